The van der Waals surface area contributed by atoms with Crippen LogP contribution in [0.1, 0.15) is 5.56 Å². The van der Waals surface area contributed by atoms with Crippen LogP contribution in [0.4, 0.5) is 0 Å². The summed E-state index contributed by atoms with van der Waals surface area (Å²) in [6.07, 6.45) is 1.70. The van der Waals surface area contributed by atoms with Crippen molar-refractivity contribution in [3.63, 3.8) is 0 Å². The second-order valence-electron chi connectivity index (χ2n) is 2.68. The molecule has 2 aromatic heterocycles. The average Bonchev–Trinajstić information content (AvgIpc) is 2.41. The molecule has 0 radical (unpaired) electrons. The van der Waals surface area contributed by atoms with E-state index < -0.39 is 9.05 Å². The Labute approximate surface area is 84.0 Å². The fourth-order valence-corrected chi connectivity index (χ4v) is 3.63. The summed E-state index contributed by atoms with van der Waals surface area (Å²) in [7, 11) is 1.65. The number of aryl methyl sites for hydroxylation is 1. The third kappa shape index (κ3) is 1.37. The molecule has 13 heavy (non-hydrogen) atoms. The molecule has 0 aliphatic carbocycles. The summed E-state index contributed by atoms with van der Waals surface area (Å²) < 4.78 is 23.9. The van der Waals surface area contributed by atoms with E-state index in [1.165, 1.54) is 11.3 Å². The molecule has 6 heteroatoms. The number of nitrogens with zero attached hydrogens (tertiary/aromatic N) is 1. The van der Waals surface area contributed by atoms with Crippen LogP contribution in [-0.4, -0.2) is 12.8 Å². The van der Waals surface area contributed by atoms with Crippen LogP contribution in [0.25, 0.3) is 4.83 Å². The van der Waals surface area contributed by atoms with E-state index in [4.69, 9.17) is 10.7 Å². The minimum atomic E-state index is -3.64. The van der Waals surface area contributed by atoms with Crippen molar-refractivity contribution < 1.29 is 8.42 Å². The lowest BCUT2D eigenvalue weighted by Gasteiger charge is -1.95. The van der Waals surface area contributed by atoms with E-state index in [9.17, 15) is 8.42 Å². The molecule has 0 fully saturated rings. The van der Waals surface area contributed by atoms with Gasteiger partial charge in [-0.2, -0.15) is 0 Å². The van der Waals surface area contributed by atoms with Crippen LogP contribution in [0.2, 0.25) is 0 Å². The van der Waals surface area contributed by atoms with E-state index in [0.29, 0.717) is 5.56 Å². The lowest BCUT2D eigenvalue weighted by molar-refractivity contribution is 0.604. The molecular weight excluding hydrogens is 230 g/mol. The van der Waals surface area contributed by atoms with Crippen molar-refractivity contribution in [1.29, 1.82) is 0 Å². The van der Waals surface area contributed by atoms with Gasteiger partial charge in [0.15, 0.2) is 5.03 Å². The molecule has 0 aliphatic heterocycles. The Morgan fingerprint density at radius 3 is 2.85 bits per heavy atom. The molecule has 0 bridgehead atoms. The van der Waals surface area contributed by atoms with Crippen LogP contribution in [0, 0.1) is 6.92 Å². The molecule has 3 nitrogen and oxygen atoms in total. The predicted molar refractivity (Wildman–Crippen MR) is 53.0 cm³/mol. The first kappa shape index (κ1) is 9.05. The molecule has 0 aliphatic rings. The molecule has 0 unspecified atom stereocenters. The second kappa shape index (κ2) is 2.73. The lowest BCUT2D eigenvalue weighted by atomic mass is 10.4. The van der Waals surface area contributed by atoms with Crippen LogP contribution in [-0.2, 0) is 9.05 Å². The first-order chi connectivity index (χ1) is 6.00. The number of hydrogen-bond acceptors (Lipinski definition) is 3. The van der Waals surface area contributed by atoms with Gasteiger partial charge < -0.3 is 0 Å². The summed E-state index contributed by atoms with van der Waals surface area (Å²) in [5.74, 6) is 0. The van der Waals surface area contributed by atoms with Gasteiger partial charge >= 0.3 is 0 Å². The molecule has 0 amide bonds. The molecule has 2 rings (SSSR count). The first-order valence-electron chi connectivity index (χ1n) is 3.50. The molecular formula is C7H6ClNO2S2. The normalized spacial score (nSPS) is 12.5. The zero-order valence-corrected chi connectivity index (χ0v) is 9.08. The highest BCUT2D eigenvalue weighted by Crippen LogP contribution is 2.26. The highest BCUT2D eigenvalue weighted by Gasteiger charge is 2.19. The Balaban J connectivity index is 2.94. The summed E-state index contributed by atoms with van der Waals surface area (Å²) in [6, 6.07) is 1.81. The topological polar surface area (TPSA) is 38.5 Å². The van der Waals surface area contributed by atoms with Crippen molar-refractivity contribution in [2.24, 2.45) is 0 Å². The summed E-state index contributed by atoms with van der Waals surface area (Å²) in [6.45, 7) is 1.73. The van der Waals surface area contributed by atoms with E-state index in [-0.39, 0.29) is 5.03 Å². The molecule has 0 spiro atoms. The number of fused-ring (bicyclic) bond motifs is 1. The molecule has 0 saturated heterocycles. The van der Waals surface area contributed by atoms with Crippen molar-refractivity contribution in [1.82, 2.24) is 4.40 Å². The van der Waals surface area contributed by atoms with Crippen LogP contribution in [0.15, 0.2) is 22.7 Å². The quantitative estimate of drug-likeness (QED) is 0.711. The van der Waals surface area contributed by atoms with Crippen molar-refractivity contribution in [3.8, 4) is 0 Å². The first-order valence-corrected chi connectivity index (χ1v) is 6.69. The zero-order chi connectivity index (χ0) is 9.64. The van der Waals surface area contributed by atoms with Gasteiger partial charge in [0, 0.05) is 22.3 Å². The molecule has 2 aromatic rings. The second-order valence-corrected chi connectivity index (χ2v) is 6.09. The number of hydrogen-bond donors (Lipinski definition) is 0. The highest BCUT2D eigenvalue weighted by molar-refractivity contribution is 8.13. The van der Waals surface area contributed by atoms with Gasteiger partial charge in [-0.25, -0.2) is 8.42 Å². The van der Waals surface area contributed by atoms with E-state index in [1.807, 2.05) is 5.38 Å². The van der Waals surface area contributed by atoms with Crippen molar-refractivity contribution in [2.45, 2.75) is 11.9 Å². The fraction of sp³-hybridized carbons (Fsp3) is 0.143. The van der Waals surface area contributed by atoms with E-state index in [1.54, 1.807) is 23.6 Å². The van der Waals surface area contributed by atoms with E-state index >= 15 is 0 Å². The Morgan fingerprint density at radius 1 is 1.54 bits per heavy atom. The number of aromatic nitrogens is 1. The monoisotopic (exact) mass is 235 g/mol. The molecule has 0 aromatic carbocycles. The van der Waals surface area contributed by atoms with Gasteiger partial charge in [-0.15, -0.1) is 11.3 Å². The van der Waals surface area contributed by atoms with Crippen LogP contribution in [0.3, 0.4) is 0 Å². The van der Waals surface area contributed by atoms with Gasteiger partial charge in [0.1, 0.15) is 4.83 Å². The number of thiazole rings is 1. The summed E-state index contributed by atoms with van der Waals surface area (Å²) >= 11 is 1.48. The van der Waals surface area contributed by atoms with Gasteiger partial charge in [-0.1, -0.05) is 0 Å². The highest BCUT2D eigenvalue weighted by atomic mass is 35.7. The average molecular weight is 236 g/mol. The molecule has 0 atom stereocenters. The smallest absolute Gasteiger partial charge is 0.277 e. The van der Waals surface area contributed by atoms with E-state index in [0.717, 1.165) is 4.83 Å². The van der Waals surface area contributed by atoms with E-state index in [2.05, 4.69) is 0 Å². The van der Waals surface area contributed by atoms with Gasteiger partial charge in [-0.05, 0) is 18.6 Å². The minimum Gasteiger partial charge on any atom is -0.297 e. The Bertz CT molecular complexity index is 552. The zero-order valence-electron chi connectivity index (χ0n) is 6.69. The molecule has 2 heterocycles. The maximum atomic E-state index is 11.2. The van der Waals surface area contributed by atoms with Gasteiger partial charge in [0.25, 0.3) is 9.05 Å². The Hall–Kier alpha value is -0.520. The van der Waals surface area contributed by atoms with Crippen molar-refractivity contribution in [2.75, 3.05) is 0 Å². The van der Waals surface area contributed by atoms with Crippen LogP contribution >= 0.6 is 22.0 Å². The van der Waals surface area contributed by atoms with Gasteiger partial charge in [0.2, 0.25) is 0 Å². The number of halogens is 1. The van der Waals surface area contributed by atoms with Crippen molar-refractivity contribution in [3.05, 3.63) is 23.2 Å². The molecule has 0 saturated carbocycles. The standard InChI is InChI=1S/C7H6ClNO2S2/c1-5-4-6-9(2-3-12-6)7(5)13(8,10)11/h2-4H,1H3. The predicted octanol–water partition coefficient (Wildman–Crippen LogP) is 2.24. The minimum absolute atomic E-state index is 0.172. The summed E-state index contributed by atoms with van der Waals surface area (Å²) in [5.41, 5.74) is 0.682. The summed E-state index contributed by atoms with van der Waals surface area (Å²) in [5, 5.41) is 1.99. The lowest BCUT2D eigenvalue weighted by Crippen LogP contribution is -1.96. The largest absolute Gasteiger partial charge is 0.297 e. The number of rotatable bonds is 1. The third-order valence-electron chi connectivity index (χ3n) is 1.76. The molecule has 70 valence electrons. The van der Waals surface area contributed by atoms with Crippen LogP contribution in [0.5, 0.6) is 0 Å². The molecule has 0 N–H and O–H groups in total. The van der Waals surface area contributed by atoms with Crippen molar-refractivity contribution >= 4 is 35.9 Å². The SMILES string of the molecule is Cc1cc2sccn2c1S(=O)(=O)Cl. The van der Waals surface area contributed by atoms with Gasteiger partial charge in [-0.3, -0.25) is 4.40 Å². The van der Waals surface area contributed by atoms with Crippen LogP contribution < -0.4 is 0 Å². The maximum Gasteiger partial charge on any atom is 0.277 e. The Morgan fingerprint density at radius 2 is 2.23 bits per heavy atom. The Kier molecular flexibility index (Phi) is 1.90. The fourth-order valence-electron chi connectivity index (χ4n) is 1.31. The third-order valence-corrected chi connectivity index (χ3v) is 4.00. The van der Waals surface area contributed by atoms with Gasteiger partial charge in [0.05, 0.1) is 0 Å². The summed E-state index contributed by atoms with van der Waals surface area (Å²) in [4.78, 5) is 0.886. The maximum absolute atomic E-state index is 11.2.